The zero-order chi connectivity index (χ0) is 26.3. The topological polar surface area (TPSA) is 79.5 Å². The van der Waals surface area contributed by atoms with Crippen LogP contribution in [-0.4, -0.2) is 25.7 Å². The van der Waals surface area contributed by atoms with Crippen LogP contribution < -0.4 is 5.32 Å². The van der Waals surface area contributed by atoms with Crippen LogP contribution in [0.3, 0.4) is 0 Å². The molecule has 0 radical (unpaired) electrons. The number of benzene rings is 3. The molecule has 6 nitrogen and oxygen atoms in total. The lowest BCUT2D eigenvalue weighted by Crippen LogP contribution is -2.14. The number of alkyl halides is 3. The van der Waals surface area contributed by atoms with Crippen LogP contribution in [0.15, 0.2) is 103 Å². The van der Waals surface area contributed by atoms with E-state index in [-0.39, 0.29) is 11.3 Å². The molecule has 0 fully saturated rings. The molecule has 0 amide bonds. The quantitative estimate of drug-likeness (QED) is 0.293. The van der Waals surface area contributed by atoms with Crippen molar-refractivity contribution in [3.05, 3.63) is 126 Å². The molecule has 37 heavy (non-hydrogen) atoms. The molecule has 0 saturated heterocycles. The van der Waals surface area contributed by atoms with Gasteiger partial charge in [0.2, 0.25) is 0 Å². The van der Waals surface area contributed by atoms with E-state index < -0.39 is 23.5 Å². The highest BCUT2D eigenvalue weighted by molar-refractivity contribution is 5.86. The van der Waals surface area contributed by atoms with E-state index >= 15 is 0 Å². The van der Waals surface area contributed by atoms with E-state index in [2.05, 4.69) is 63.9 Å². The number of hydrogen-bond donors (Lipinski definition) is 2. The van der Waals surface area contributed by atoms with E-state index in [1.807, 2.05) is 12.1 Å². The van der Waals surface area contributed by atoms with Crippen LogP contribution in [0.25, 0.3) is 16.9 Å². The lowest BCUT2D eigenvalue weighted by Gasteiger charge is -2.10. The monoisotopic (exact) mass is 504 g/mol. The molecule has 0 aliphatic rings. The summed E-state index contributed by atoms with van der Waals surface area (Å²) < 4.78 is 40.1. The Morgan fingerprint density at radius 2 is 1.32 bits per heavy atom. The third kappa shape index (κ3) is 6.80. The molecule has 0 unspecified atom stereocenters. The lowest BCUT2D eigenvalue weighted by atomic mass is 10.1. The number of carboxylic acid groups (broad SMARTS) is 1. The SMILES string of the molecule is O=C(O)c1cc2nc(-c3ccccc3)cc(C(F)(F)F)n2n1.c1ccc(CNCc2ccccc2)cc1. The van der Waals surface area contributed by atoms with E-state index in [4.69, 9.17) is 5.11 Å². The van der Waals surface area contributed by atoms with Gasteiger partial charge in [-0.15, -0.1) is 0 Å². The summed E-state index contributed by atoms with van der Waals surface area (Å²) in [5.74, 6) is -1.42. The van der Waals surface area contributed by atoms with Gasteiger partial charge in [-0.3, -0.25) is 0 Å². The Kier molecular flexibility index (Phi) is 7.95. The first kappa shape index (κ1) is 25.6. The molecule has 0 bridgehead atoms. The van der Waals surface area contributed by atoms with Crippen LogP contribution in [0.2, 0.25) is 0 Å². The van der Waals surface area contributed by atoms with Crippen molar-refractivity contribution < 1.29 is 23.1 Å². The van der Waals surface area contributed by atoms with Gasteiger partial charge in [0, 0.05) is 24.7 Å². The number of fused-ring (bicyclic) bond motifs is 1. The van der Waals surface area contributed by atoms with E-state index in [0.717, 1.165) is 25.2 Å². The summed E-state index contributed by atoms with van der Waals surface area (Å²) in [5.41, 5.74) is 1.49. The smallest absolute Gasteiger partial charge is 0.433 e. The number of nitrogens with one attached hydrogen (secondary N) is 1. The molecule has 0 aliphatic heterocycles. The minimum Gasteiger partial charge on any atom is -0.476 e. The number of aromatic carboxylic acids is 1. The fourth-order valence-corrected chi connectivity index (χ4v) is 3.58. The molecule has 5 aromatic rings. The molecule has 2 N–H and O–H groups in total. The van der Waals surface area contributed by atoms with Crippen molar-refractivity contribution in [3.8, 4) is 11.3 Å². The first-order valence-corrected chi connectivity index (χ1v) is 11.4. The summed E-state index contributed by atoms with van der Waals surface area (Å²) in [6.45, 7) is 1.85. The maximum atomic E-state index is 13.2. The normalized spacial score (nSPS) is 11.1. The van der Waals surface area contributed by atoms with Crippen LogP contribution in [0.5, 0.6) is 0 Å². The van der Waals surface area contributed by atoms with Gasteiger partial charge in [0.15, 0.2) is 17.0 Å². The predicted octanol–water partition coefficient (Wildman–Crippen LogP) is 6.09. The Hall–Kier alpha value is -4.50. The summed E-state index contributed by atoms with van der Waals surface area (Å²) >= 11 is 0. The number of nitrogens with zero attached hydrogens (tertiary/aromatic N) is 3. The van der Waals surface area contributed by atoms with E-state index in [9.17, 15) is 18.0 Å². The Bertz CT molecular complexity index is 1420. The van der Waals surface area contributed by atoms with Crippen LogP contribution in [-0.2, 0) is 19.3 Å². The number of rotatable bonds is 6. The Labute approximate surface area is 211 Å². The van der Waals surface area contributed by atoms with Crippen molar-refractivity contribution in [2.24, 2.45) is 0 Å². The second-order valence-corrected chi connectivity index (χ2v) is 8.07. The van der Waals surface area contributed by atoms with E-state index in [0.29, 0.717) is 10.1 Å². The molecule has 2 heterocycles. The summed E-state index contributed by atoms with van der Waals surface area (Å²) in [7, 11) is 0. The summed E-state index contributed by atoms with van der Waals surface area (Å²) in [4.78, 5) is 15.0. The van der Waals surface area contributed by atoms with Crippen molar-refractivity contribution in [2.75, 3.05) is 0 Å². The highest BCUT2D eigenvalue weighted by Gasteiger charge is 2.35. The highest BCUT2D eigenvalue weighted by Crippen LogP contribution is 2.32. The molecular weight excluding hydrogens is 481 g/mol. The molecule has 0 aliphatic carbocycles. The van der Waals surface area contributed by atoms with Gasteiger partial charge in [0.1, 0.15) is 0 Å². The van der Waals surface area contributed by atoms with Crippen LogP contribution >= 0.6 is 0 Å². The largest absolute Gasteiger partial charge is 0.476 e. The van der Waals surface area contributed by atoms with Crippen LogP contribution in [0.4, 0.5) is 13.2 Å². The average Bonchev–Trinajstić information content (AvgIpc) is 3.34. The second-order valence-electron chi connectivity index (χ2n) is 8.07. The third-order valence-corrected chi connectivity index (χ3v) is 5.35. The number of carboxylic acids is 1. The summed E-state index contributed by atoms with van der Waals surface area (Å²) in [6, 6.07) is 31.1. The zero-order valence-corrected chi connectivity index (χ0v) is 19.6. The van der Waals surface area contributed by atoms with Crippen molar-refractivity contribution in [1.82, 2.24) is 19.9 Å². The van der Waals surface area contributed by atoms with Gasteiger partial charge in [-0.25, -0.2) is 14.3 Å². The zero-order valence-electron chi connectivity index (χ0n) is 19.6. The summed E-state index contributed by atoms with van der Waals surface area (Å²) in [5, 5.41) is 15.7. The van der Waals surface area contributed by atoms with Crippen molar-refractivity contribution >= 4 is 11.6 Å². The maximum Gasteiger partial charge on any atom is 0.433 e. The maximum absolute atomic E-state index is 13.2. The number of aromatic nitrogens is 3. The molecule has 5 rings (SSSR count). The fraction of sp³-hybridized carbons (Fsp3) is 0.107. The van der Waals surface area contributed by atoms with E-state index in [1.165, 1.54) is 11.1 Å². The lowest BCUT2D eigenvalue weighted by molar-refractivity contribution is -0.142. The molecule has 0 saturated carbocycles. The molecule has 0 spiro atoms. The van der Waals surface area contributed by atoms with Gasteiger partial charge in [0.25, 0.3) is 0 Å². The van der Waals surface area contributed by atoms with Gasteiger partial charge >= 0.3 is 12.1 Å². The number of carbonyl (C=O) groups is 1. The van der Waals surface area contributed by atoms with Crippen molar-refractivity contribution in [2.45, 2.75) is 19.3 Å². The second kappa shape index (κ2) is 11.5. The van der Waals surface area contributed by atoms with Gasteiger partial charge in [0.05, 0.1) is 5.69 Å². The first-order chi connectivity index (χ1) is 17.8. The minimum atomic E-state index is -4.69. The third-order valence-electron chi connectivity index (χ3n) is 5.35. The Morgan fingerprint density at radius 3 is 1.81 bits per heavy atom. The predicted molar refractivity (Wildman–Crippen MR) is 134 cm³/mol. The van der Waals surface area contributed by atoms with Gasteiger partial charge < -0.3 is 10.4 Å². The van der Waals surface area contributed by atoms with Crippen molar-refractivity contribution in [3.63, 3.8) is 0 Å². The molecule has 9 heteroatoms. The van der Waals surface area contributed by atoms with Gasteiger partial charge in [-0.05, 0) is 17.2 Å². The first-order valence-electron chi connectivity index (χ1n) is 11.4. The average molecular weight is 505 g/mol. The molecule has 188 valence electrons. The van der Waals surface area contributed by atoms with E-state index in [1.54, 1.807) is 30.3 Å². The molecule has 2 aromatic heterocycles. The van der Waals surface area contributed by atoms with Gasteiger partial charge in [-0.2, -0.15) is 18.3 Å². The standard InChI is InChI=1S/C14H8F3N3O2.C14H15N/c15-14(16,17)11-6-9(8-4-2-1-3-5-8)18-12-7-10(13(21)22)19-20(11)12;1-3-7-13(8-4-1)11-15-12-14-9-5-2-6-10-14/h1-7H,(H,21,22);1-10,15H,11-12H2. The molecule has 0 atom stereocenters. The highest BCUT2D eigenvalue weighted by atomic mass is 19.4. The number of halogens is 3. The summed E-state index contributed by atoms with van der Waals surface area (Å²) in [6.07, 6.45) is -4.69. The molecule has 3 aromatic carbocycles. The minimum absolute atomic E-state index is 0.0947. The van der Waals surface area contributed by atoms with Crippen LogP contribution in [0, 0.1) is 0 Å². The molecular formula is C28H23F3N4O2. The van der Waals surface area contributed by atoms with Gasteiger partial charge in [-0.1, -0.05) is 91.0 Å². The van der Waals surface area contributed by atoms with Crippen LogP contribution in [0.1, 0.15) is 27.3 Å². The Morgan fingerprint density at radius 1 is 0.811 bits per heavy atom. The fourth-order valence-electron chi connectivity index (χ4n) is 3.58. The number of hydrogen-bond acceptors (Lipinski definition) is 4. The van der Waals surface area contributed by atoms with Crippen molar-refractivity contribution in [1.29, 1.82) is 0 Å². The Balaban J connectivity index is 0.000000186.